The Kier molecular flexibility index (Phi) is 6.37. The van der Waals surface area contributed by atoms with E-state index in [9.17, 15) is 0 Å². The van der Waals surface area contributed by atoms with Crippen LogP contribution < -0.4 is 11.5 Å². The zero-order valence-corrected chi connectivity index (χ0v) is 11.1. The second-order valence-corrected chi connectivity index (χ2v) is 18.4. The van der Waals surface area contributed by atoms with Crippen LogP contribution in [0.5, 0.6) is 0 Å². The number of nitrogens with two attached hydrogens (primary N) is 2. The van der Waals surface area contributed by atoms with Gasteiger partial charge >= 0.3 is 83.2 Å². The van der Waals surface area contributed by atoms with Crippen LogP contribution in [0.25, 0.3) is 0 Å². The normalized spacial score (nSPS) is 8.90. The predicted molar refractivity (Wildman–Crippen MR) is 60.4 cm³/mol. The fourth-order valence-electron chi connectivity index (χ4n) is 0.351. The number of thiocarbonyl (C=S) groups is 2. The zero-order chi connectivity index (χ0) is 8.15. The molecule has 0 unspecified atom stereocenters. The summed E-state index contributed by atoms with van der Waals surface area (Å²) in [6, 6.07) is 0. The van der Waals surface area contributed by atoms with E-state index in [0.29, 0.717) is 8.64 Å². The van der Waals surface area contributed by atoms with Crippen LogP contribution in [0.3, 0.4) is 0 Å². The van der Waals surface area contributed by atoms with Crippen LogP contribution >= 0.6 is 43.8 Å². The molecule has 0 aromatic rings. The Morgan fingerprint density at radius 1 is 1.20 bits per heavy atom. The van der Waals surface area contributed by atoms with Crippen LogP contribution in [0.15, 0.2) is 0 Å². The van der Waals surface area contributed by atoms with Crippen LogP contribution in [0.2, 0.25) is 5.48 Å². The Morgan fingerprint density at radius 2 is 1.50 bits per heavy atom. The van der Waals surface area contributed by atoms with Crippen molar-refractivity contribution >= 4 is 66.2 Å². The maximum absolute atomic E-state index is 5.31. The summed E-state index contributed by atoms with van der Waals surface area (Å²) in [5.41, 5.74) is 12.8. The van der Waals surface area contributed by atoms with Crippen molar-refractivity contribution in [1.82, 2.24) is 0 Å². The van der Waals surface area contributed by atoms with Gasteiger partial charge in [0.1, 0.15) is 0 Å². The molecule has 0 atom stereocenters. The van der Waals surface area contributed by atoms with Crippen LogP contribution in [0, 0.1) is 0 Å². The van der Waals surface area contributed by atoms with Crippen LogP contribution in [0.1, 0.15) is 0 Å². The van der Waals surface area contributed by atoms with Gasteiger partial charge in [-0.3, -0.25) is 0 Å². The molecule has 7 heteroatoms. The second kappa shape index (κ2) is 5.73. The van der Waals surface area contributed by atoms with Gasteiger partial charge in [-0.05, 0) is 0 Å². The van der Waals surface area contributed by atoms with Gasteiger partial charge in [-0.2, -0.15) is 0 Å². The van der Waals surface area contributed by atoms with Crippen molar-refractivity contribution in [3.8, 4) is 0 Å². The summed E-state index contributed by atoms with van der Waals surface area (Å²) < 4.78 is 1.02. The number of hydrogen-bond acceptors (Lipinski definition) is 4. The van der Waals surface area contributed by atoms with E-state index in [1.165, 1.54) is 0 Å². The zero-order valence-electron chi connectivity index (χ0n) is 5.37. The van der Waals surface area contributed by atoms with E-state index in [1.807, 2.05) is 0 Å². The molecule has 10 heavy (non-hydrogen) atoms. The first-order valence-electron chi connectivity index (χ1n) is 2.44. The minimum atomic E-state index is -1.45. The molecule has 0 rings (SSSR count). The first kappa shape index (κ1) is 11.1. The molecule has 0 saturated carbocycles. The molecule has 0 amide bonds. The molecule has 0 bridgehead atoms. The number of hydrogen-bond donors (Lipinski definition) is 2. The van der Waals surface area contributed by atoms with Crippen LogP contribution in [0.4, 0.5) is 0 Å². The SMILES string of the molecule is [CH3][Ga]([S]C(N)=S)[S]C(N)=S. The first-order valence-corrected chi connectivity index (χ1v) is 13.4. The van der Waals surface area contributed by atoms with Gasteiger partial charge in [0.15, 0.2) is 0 Å². The summed E-state index contributed by atoms with van der Waals surface area (Å²) in [5.74, 6) is 0. The Morgan fingerprint density at radius 3 is 1.70 bits per heavy atom. The van der Waals surface area contributed by atoms with E-state index >= 15 is 0 Å². The Hall–Kier alpha value is 1.12. The molecule has 56 valence electrons. The molecule has 0 heterocycles. The van der Waals surface area contributed by atoms with Gasteiger partial charge in [-0.1, -0.05) is 0 Å². The van der Waals surface area contributed by atoms with Crippen molar-refractivity contribution in [3.05, 3.63) is 0 Å². The fraction of sp³-hybridized carbons (Fsp3) is 0.333. The molecular formula is C3H7GaN2S4. The Balaban J connectivity index is 3.53. The first-order chi connectivity index (χ1) is 4.52. The molecule has 2 nitrogen and oxygen atoms in total. The van der Waals surface area contributed by atoms with Crippen LogP contribution in [-0.4, -0.2) is 22.4 Å². The van der Waals surface area contributed by atoms with Gasteiger partial charge in [0, 0.05) is 0 Å². The fourth-order valence-corrected chi connectivity index (χ4v) is 15.9. The van der Waals surface area contributed by atoms with Crippen molar-refractivity contribution in [2.45, 2.75) is 5.48 Å². The molecule has 0 aliphatic carbocycles. The predicted octanol–water partition coefficient (Wildman–Crippen LogP) is 1.06. The van der Waals surface area contributed by atoms with Gasteiger partial charge in [-0.25, -0.2) is 0 Å². The van der Waals surface area contributed by atoms with Gasteiger partial charge in [0.25, 0.3) is 0 Å². The third-order valence-electron chi connectivity index (χ3n) is 0.564. The summed E-state index contributed by atoms with van der Waals surface area (Å²) in [6.07, 6.45) is 0. The molecule has 0 aromatic carbocycles. The number of rotatable bonds is 2. The maximum atomic E-state index is 5.31. The van der Waals surface area contributed by atoms with Crippen molar-refractivity contribution in [3.63, 3.8) is 0 Å². The Bertz CT molecular complexity index is 133. The summed E-state index contributed by atoms with van der Waals surface area (Å²) in [5, 5.41) is 0. The van der Waals surface area contributed by atoms with Crippen molar-refractivity contribution in [2.24, 2.45) is 11.5 Å². The van der Waals surface area contributed by atoms with E-state index in [-0.39, 0.29) is 0 Å². The molecular weight excluding hydrogens is 262 g/mol. The summed E-state index contributed by atoms with van der Waals surface area (Å²) in [7, 11) is 3.15. The molecule has 0 aromatic heterocycles. The quantitative estimate of drug-likeness (QED) is 0.577. The molecule has 0 aliphatic rings. The van der Waals surface area contributed by atoms with E-state index < -0.39 is 13.8 Å². The van der Waals surface area contributed by atoms with Gasteiger partial charge in [0.05, 0.1) is 0 Å². The van der Waals surface area contributed by atoms with E-state index in [0.717, 1.165) is 0 Å². The summed E-state index contributed by atoms with van der Waals surface area (Å²) >= 11 is 7.98. The van der Waals surface area contributed by atoms with Crippen molar-refractivity contribution < 1.29 is 0 Å². The third-order valence-corrected chi connectivity index (χ3v) is 14.8. The average Bonchev–Trinajstić information content (AvgIpc) is 1.58. The molecule has 0 spiro atoms. The van der Waals surface area contributed by atoms with Gasteiger partial charge in [0.2, 0.25) is 0 Å². The molecule has 0 radical (unpaired) electrons. The molecule has 0 saturated heterocycles. The van der Waals surface area contributed by atoms with Crippen molar-refractivity contribution in [1.29, 1.82) is 0 Å². The molecule has 4 N–H and O–H groups in total. The third kappa shape index (κ3) is 7.23. The van der Waals surface area contributed by atoms with Crippen molar-refractivity contribution in [2.75, 3.05) is 0 Å². The Labute approximate surface area is 82.5 Å². The second-order valence-electron chi connectivity index (χ2n) is 1.44. The summed E-state index contributed by atoms with van der Waals surface area (Å²) in [6.45, 7) is 0. The van der Waals surface area contributed by atoms with E-state index in [2.05, 4.69) is 5.48 Å². The monoisotopic (exact) mass is 268 g/mol. The van der Waals surface area contributed by atoms with Crippen LogP contribution in [-0.2, 0) is 0 Å². The average molecular weight is 269 g/mol. The van der Waals surface area contributed by atoms with Gasteiger partial charge in [-0.15, -0.1) is 0 Å². The van der Waals surface area contributed by atoms with Gasteiger partial charge < -0.3 is 0 Å². The molecule has 0 aliphatic heterocycles. The summed E-state index contributed by atoms with van der Waals surface area (Å²) in [4.78, 5) is 0. The minimum absolute atomic E-state index is 0.510. The van der Waals surface area contributed by atoms with E-state index in [4.69, 9.17) is 35.9 Å². The topological polar surface area (TPSA) is 52.0 Å². The molecule has 0 fully saturated rings. The standard InChI is InChI=1S/2CH3NS2.CH3.Ga/c2*2-1(3)4;;/h2*(H3,2,3,4);1H3;/q;;;+2/p-2. The van der Waals surface area contributed by atoms with E-state index in [1.54, 1.807) is 19.4 Å².